The standard InChI is InChI=1S/C10H6N2OS/c13-12-4-1-2-7-6-11-8-3-5-14-10(8)9(7)12/h1-6H. The second-order valence-electron chi connectivity index (χ2n) is 3.03. The largest absolute Gasteiger partial charge is 0.618 e. The van der Waals surface area contributed by atoms with Crippen LogP contribution in [0.3, 0.4) is 0 Å². The molecule has 0 aliphatic heterocycles. The highest BCUT2D eigenvalue weighted by Crippen LogP contribution is 2.24. The number of hydrogen-bond donors (Lipinski definition) is 0. The van der Waals surface area contributed by atoms with E-state index >= 15 is 0 Å². The molecule has 0 aliphatic rings. The summed E-state index contributed by atoms with van der Waals surface area (Å²) in [6.45, 7) is 0. The van der Waals surface area contributed by atoms with Crippen molar-refractivity contribution in [2.45, 2.75) is 0 Å². The third kappa shape index (κ3) is 0.914. The molecule has 0 spiro atoms. The van der Waals surface area contributed by atoms with E-state index < -0.39 is 0 Å². The lowest BCUT2D eigenvalue weighted by Crippen LogP contribution is -2.25. The van der Waals surface area contributed by atoms with Gasteiger partial charge in [-0.15, -0.1) is 11.3 Å². The van der Waals surface area contributed by atoms with Crippen molar-refractivity contribution >= 4 is 32.5 Å². The Kier molecular flexibility index (Phi) is 1.46. The zero-order valence-electron chi connectivity index (χ0n) is 7.18. The summed E-state index contributed by atoms with van der Waals surface area (Å²) in [6.07, 6.45) is 3.25. The van der Waals surface area contributed by atoms with E-state index in [-0.39, 0.29) is 0 Å². The molecule has 0 N–H and O–H groups in total. The second-order valence-corrected chi connectivity index (χ2v) is 3.95. The maximum Gasteiger partial charge on any atom is 0.244 e. The highest BCUT2D eigenvalue weighted by Gasteiger charge is 2.09. The van der Waals surface area contributed by atoms with Crippen molar-refractivity contribution in [3.8, 4) is 0 Å². The van der Waals surface area contributed by atoms with Crippen LogP contribution in [0.5, 0.6) is 0 Å². The lowest BCUT2D eigenvalue weighted by Gasteiger charge is -2.00. The minimum Gasteiger partial charge on any atom is -0.618 e. The van der Waals surface area contributed by atoms with Crippen LogP contribution in [0.15, 0.2) is 36.0 Å². The van der Waals surface area contributed by atoms with E-state index in [0.29, 0.717) is 5.52 Å². The van der Waals surface area contributed by atoms with Crippen LogP contribution in [0.4, 0.5) is 0 Å². The Morgan fingerprint density at radius 3 is 3.21 bits per heavy atom. The van der Waals surface area contributed by atoms with Gasteiger partial charge in [0.05, 0.1) is 10.9 Å². The van der Waals surface area contributed by atoms with Gasteiger partial charge in [-0.3, -0.25) is 4.98 Å². The van der Waals surface area contributed by atoms with Crippen molar-refractivity contribution in [1.82, 2.24) is 4.98 Å². The van der Waals surface area contributed by atoms with Gasteiger partial charge in [0.25, 0.3) is 0 Å². The highest BCUT2D eigenvalue weighted by molar-refractivity contribution is 7.18. The second kappa shape index (κ2) is 2.65. The van der Waals surface area contributed by atoms with E-state index in [0.717, 1.165) is 20.3 Å². The molecule has 0 aromatic carbocycles. The molecule has 3 nitrogen and oxygen atoms in total. The normalized spacial score (nSPS) is 11.1. The summed E-state index contributed by atoms with van der Waals surface area (Å²) in [6, 6.07) is 5.55. The fourth-order valence-corrected chi connectivity index (χ4v) is 2.46. The van der Waals surface area contributed by atoms with Gasteiger partial charge >= 0.3 is 0 Å². The summed E-state index contributed by atoms with van der Waals surface area (Å²) in [5.74, 6) is 0. The average molecular weight is 202 g/mol. The predicted octanol–water partition coefficient (Wildman–Crippen LogP) is 2.08. The van der Waals surface area contributed by atoms with Gasteiger partial charge in [-0.2, -0.15) is 4.73 Å². The smallest absolute Gasteiger partial charge is 0.244 e. The van der Waals surface area contributed by atoms with Gasteiger partial charge in [0.1, 0.15) is 4.70 Å². The van der Waals surface area contributed by atoms with Crippen LogP contribution in [0.1, 0.15) is 0 Å². The van der Waals surface area contributed by atoms with Crippen LogP contribution in [-0.2, 0) is 0 Å². The molecule has 3 aromatic rings. The van der Waals surface area contributed by atoms with E-state index in [2.05, 4.69) is 4.98 Å². The minimum atomic E-state index is 0.715. The van der Waals surface area contributed by atoms with E-state index in [9.17, 15) is 5.21 Å². The Morgan fingerprint density at radius 2 is 2.29 bits per heavy atom. The molecular formula is C10H6N2OS. The van der Waals surface area contributed by atoms with Gasteiger partial charge in [-0.05, 0) is 17.5 Å². The van der Waals surface area contributed by atoms with Gasteiger partial charge in [-0.25, -0.2) is 0 Å². The summed E-state index contributed by atoms with van der Waals surface area (Å²) >= 11 is 1.55. The fraction of sp³-hybridized carbons (Fsp3) is 0. The van der Waals surface area contributed by atoms with E-state index in [4.69, 9.17) is 0 Å². The van der Waals surface area contributed by atoms with Crippen LogP contribution in [0.25, 0.3) is 21.1 Å². The minimum absolute atomic E-state index is 0.715. The summed E-state index contributed by atoms with van der Waals surface area (Å²) < 4.78 is 1.86. The number of nitrogens with zero attached hydrogens (tertiary/aromatic N) is 2. The van der Waals surface area contributed by atoms with Crippen LogP contribution < -0.4 is 4.73 Å². The van der Waals surface area contributed by atoms with E-state index in [1.165, 1.54) is 6.20 Å². The Hall–Kier alpha value is -1.68. The van der Waals surface area contributed by atoms with Crippen molar-refractivity contribution in [2.24, 2.45) is 0 Å². The number of rotatable bonds is 0. The lowest BCUT2D eigenvalue weighted by atomic mass is 10.2. The highest BCUT2D eigenvalue weighted by atomic mass is 32.1. The summed E-state index contributed by atoms with van der Waals surface area (Å²) in [7, 11) is 0. The van der Waals surface area contributed by atoms with Gasteiger partial charge in [-0.1, -0.05) is 0 Å². The van der Waals surface area contributed by atoms with Gasteiger partial charge in [0.2, 0.25) is 5.52 Å². The maximum atomic E-state index is 11.6. The monoisotopic (exact) mass is 202 g/mol. The molecule has 4 heteroatoms. The molecule has 0 atom stereocenters. The number of aromatic nitrogens is 2. The SMILES string of the molecule is [O-][n+]1cccc2cnc3ccsc3c21. The molecule has 0 aliphatic carbocycles. The van der Waals surface area contributed by atoms with Crippen molar-refractivity contribution in [3.05, 3.63) is 41.2 Å². The van der Waals surface area contributed by atoms with Gasteiger partial charge < -0.3 is 5.21 Å². The lowest BCUT2D eigenvalue weighted by molar-refractivity contribution is -0.576. The van der Waals surface area contributed by atoms with Crippen LogP contribution in [0, 0.1) is 5.21 Å². The molecule has 14 heavy (non-hydrogen) atoms. The number of hydrogen-bond acceptors (Lipinski definition) is 3. The zero-order chi connectivity index (χ0) is 9.54. The van der Waals surface area contributed by atoms with Crippen molar-refractivity contribution in [1.29, 1.82) is 0 Å². The molecule has 0 bridgehead atoms. The molecular weight excluding hydrogens is 196 g/mol. The quantitative estimate of drug-likeness (QED) is 0.413. The van der Waals surface area contributed by atoms with Crippen molar-refractivity contribution in [2.75, 3.05) is 0 Å². The first-order valence-corrected chi connectivity index (χ1v) is 5.08. The molecule has 3 heterocycles. The maximum absolute atomic E-state index is 11.6. The molecule has 0 saturated heterocycles. The molecule has 0 radical (unpaired) electrons. The summed E-state index contributed by atoms with van der Waals surface area (Å²) in [4.78, 5) is 4.27. The first kappa shape index (κ1) is 7.70. The molecule has 0 fully saturated rings. The molecule has 3 rings (SSSR count). The first-order valence-electron chi connectivity index (χ1n) is 4.20. The predicted molar refractivity (Wildman–Crippen MR) is 56.1 cm³/mol. The van der Waals surface area contributed by atoms with Gasteiger partial charge in [0, 0.05) is 12.3 Å². The van der Waals surface area contributed by atoms with E-state index in [1.54, 1.807) is 23.6 Å². The number of fused-ring (bicyclic) bond motifs is 3. The zero-order valence-corrected chi connectivity index (χ0v) is 7.99. The van der Waals surface area contributed by atoms with Crippen molar-refractivity contribution < 1.29 is 4.73 Å². The molecule has 0 saturated carbocycles. The Labute approximate surface area is 83.8 Å². The Morgan fingerprint density at radius 1 is 1.36 bits per heavy atom. The summed E-state index contributed by atoms with van der Waals surface area (Å²) in [5.41, 5.74) is 1.60. The third-order valence-corrected chi connectivity index (χ3v) is 3.10. The first-order chi connectivity index (χ1) is 6.86. The van der Waals surface area contributed by atoms with Gasteiger partial charge in [0.15, 0.2) is 6.20 Å². The molecule has 0 unspecified atom stereocenters. The van der Waals surface area contributed by atoms with Crippen molar-refractivity contribution in [3.63, 3.8) is 0 Å². The average Bonchev–Trinajstić information content (AvgIpc) is 2.65. The summed E-state index contributed by atoms with van der Waals surface area (Å²) in [5, 5.41) is 14.4. The molecule has 3 aromatic heterocycles. The molecule has 68 valence electrons. The number of thiophene rings is 1. The van der Waals surface area contributed by atoms with Crippen LogP contribution in [0.2, 0.25) is 0 Å². The molecule has 0 amide bonds. The van der Waals surface area contributed by atoms with Crippen LogP contribution >= 0.6 is 11.3 Å². The van der Waals surface area contributed by atoms with E-state index in [1.807, 2.05) is 17.5 Å². The topological polar surface area (TPSA) is 39.8 Å². The van der Waals surface area contributed by atoms with Crippen LogP contribution in [-0.4, -0.2) is 4.98 Å². The third-order valence-electron chi connectivity index (χ3n) is 2.19. The number of pyridine rings is 2. The fourth-order valence-electron chi connectivity index (χ4n) is 1.56. The Bertz CT molecular complexity index is 618. The Balaban J connectivity index is 2.67.